The van der Waals surface area contributed by atoms with Crippen LogP contribution in [0.15, 0.2) is 358 Å². The van der Waals surface area contributed by atoms with Gasteiger partial charge >= 0.3 is 0 Å². The molecule has 0 saturated heterocycles. The van der Waals surface area contributed by atoms with Crippen LogP contribution >= 0.6 is 0 Å². The molecule has 3 N–H and O–H groups in total. The van der Waals surface area contributed by atoms with Gasteiger partial charge in [0.1, 0.15) is 0 Å². The molecule has 0 amide bonds. The van der Waals surface area contributed by atoms with Crippen LogP contribution in [0.3, 0.4) is 0 Å². The third kappa shape index (κ3) is 10.6. The van der Waals surface area contributed by atoms with Crippen LogP contribution in [0.2, 0.25) is 0 Å². The monoisotopic (exact) mass is 1180 g/mol. The van der Waals surface area contributed by atoms with Crippen molar-refractivity contribution < 1.29 is 0 Å². The number of rotatable bonds is 10. The number of para-hydroxylation sites is 6. The van der Waals surface area contributed by atoms with E-state index in [-0.39, 0.29) is 0 Å². The SMILES string of the molecule is c1ccc(-c2ccc(Nc3ccc4c5ccccc5n(-c5cccc6ccccc56)c4c3)cc2)cc1.c1ccc(Nc2ccc3c(c2)c2c4ccccc4ccc2n3-c2ccccc2)cc1.c1ccc(Nc2ccc3c(c2)c2ccccc2n3-c2ccccc2)cc1. The van der Waals surface area contributed by atoms with Gasteiger partial charge in [-0.15, -0.1) is 0 Å². The van der Waals surface area contributed by atoms with Crippen LogP contribution in [-0.4, -0.2) is 13.7 Å². The maximum absolute atomic E-state index is 3.62. The Morgan fingerprint density at radius 2 is 0.565 bits per heavy atom. The molecule has 0 spiro atoms. The summed E-state index contributed by atoms with van der Waals surface area (Å²) < 4.78 is 7.09. The topological polar surface area (TPSA) is 50.9 Å². The van der Waals surface area contributed by atoms with Crippen molar-refractivity contribution in [3.05, 3.63) is 358 Å². The Bertz CT molecular complexity index is 5630. The van der Waals surface area contributed by atoms with Gasteiger partial charge in [-0.1, -0.05) is 224 Å². The van der Waals surface area contributed by atoms with Crippen LogP contribution in [0.4, 0.5) is 34.1 Å². The van der Waals surface area contributed by atoms with Crippen molar-refractivity contribution in [2.24, 2.45) is 0 Å². The van der Waals surface area contributed by atoms with E-state index in [1.807, 2.05) is 30.3 Å². The van der Waals surface area contributed by atoms with Gasteiger partial charge in [-0.25, -0.2) is 0 Å². The number of fused-ring (bicyclic) bond motifs is 12. The second kappa shape index (κ2) is 24.3. The fraction of sp³-hybridized carbons (Fsp3) is 0. The van der Waals surface area contributed by atoms with E-state index in [1.165, 1.54) is 115 Å². The van der Waals surface area contributed by atoms with Crippen LogP contribution in [0, 0.1) is 0 Å². The first-order chi connectivity index (χ1) is 45.6. The van der Waals surface area contributed by atoms with E-state index < -0.39 is 0 Å². The number of hydrogen-bond donors (Lipinski definition) is 3. The Balaban J connectivity index is 0.000000111. The van der Waals surface area contributed by atoms with Crippen LogP contribution in [0.1, 0.15) is 0 Å². The summed E-state index contributed by atoms with van der Waals surface area (Å²) >= 11 is 0. The van der Waals surface area contributed by atoms with Crippen molar-refractivity contribution in [3.8, 4) is 28.2 Å². The van der Waals surface area contributed by atoms with Crippen molar-refractivity contribution in [1.29, 1.82) is 0 Å². The fourth-order valence-electron chi connectivity index (χ4n) is 13.3. The van der Waals surface area contributed by atoms with Crippen molar-refractivity contribution in [2.75, 3.05) is 16.0 Å². The predicted octanol–water partition coefficient (Wildman–Crippen LogP) is 23.6. The molecule has 0 aliphatic rings. The number of anilines is 6. The number of nitrogens with one attached hydrogen (secondary N) is 3. The predicted molar refractivity (Wildman–Crippen MR) is 392 cm³/mol. The Morgan fingerprint density at radius 1 is 0.185 bits per heavy atom. The molecule has 6 heteroatoms. The zero-order valence-electron chi connectivity index (χ0n) is 50.4. The lowest BCUT2D eigenvalue weighted by Crippen LogP contribution is -1.96. The second-order valence-corrected chi connectivity index (χ2v) is 23.1. The van der Waals surface area contributed by atoms with Gasteiger partial charge in [0.05, 0.1) is 38.8 Å². The van der Waals surface area contributed by atoms with E-state index in [0.29, 0.717) is 0 Å². The molecular weight excluding hydrogens is 1120 g/mol. The lowest BCUT2D eigenvalue weighted by molar-refractivity contribution is 1.18. The average molecular weight is 1180 g/mol. The maximum Gasteiger partial charge on any atom is 0.0562 e. The molecule has 0 unspecified atom stereocenters. The first-order valence-corrected chi connectivity index (χ1v) is 31.3. The highest BCUT2D eigenvalue weighted by Gasteiger charge is 2.18. The summed E-state index contributed by atoms with van der Waals surface area (Å²) in [5.74, 6) is 0. The Hall–Kier alpha value is -12.4. The Labute approximate surface area is 533 Å². The zero-order valence-corrected chi connectivity index (χ0v) is 50.4. The van der Waals surface area contributed by atoms with Gasteiger partial charge in [0.25, 0.3) is 0 Å². The zero-order chi connectivity index (χ0) is 61.2. The number of nitrogens with zero attached hydrogens (tertiary/aromatic N) is 3. The molecule has 3 heterocycles. The highest BCUT2D eigenvalue weighted by Crippen LogP contribution is 2.41. The van der Waals surface area contributed by atoms with Gasteiger partial charge in [-0.2, -0.15) is 0 Å². The molecule has 0 aliphatic heterocycles. The van der Waals surface area contributed by atoms with Crippen LogP contribution in [0.5, 0.6) is 0 Å². The summed E-state index contributed by atoms with van der Waals surface area (Å²) in [7, 11) is 0. The second-order valence-electron chi connectivity index (χ2n) is 23.1. The summed E-state index contributed by atoms with van der Waals surface area (Å²) in [6.07, 6.45) is 0. The van der Waals surface area contributed by atoms with E-state index in [9.17, 15) is 0 Å². The molecule has 0 fully saturated rings. The lowest BCUT2D eigenvalue weighted by Gasteiger charge is -2.13. The maximum atomic E-state index is 3.62. The first kappa shape index (κ1) is 55.0. The summed E-state index contributed by atoms with van der Waals surface area (Å²) in [4.78, 5) is 0. The molecule has 3 aromatic heterocycles. The normalized spacial score (nSPS) is 11.3. The Morgan fingerprint density at radius 3 is 1.18 bits per heavy atom. The Kier molecular flexibility index (Phi) is 14.5. The van der Waals surface area contributed by atoms with E-state index >= 15 is 0 Å². The molecule has 0 radical (unpaired) electrons. The summed E-state index contributed by atoms with van der Waals surface area (Å²) in [6.45, 7) is 0. The van der Waals surface area contributed by atoms with Gasteiger partial charge < -0.3 is 29.7 Å². The molecule has 0 atom stereocenters. The molecule has 436 valence electrons. The summed E-state index contributed by atoms with van der Waals surface area (Å²) in [5, 5.41) is 23.3. The molecular formula is C86H62N6. The highest BCUT2D eigenvalue weighted by molar-refractivity contribution is 6.22. The number of hydrogen-bond acceptors (Lipinski definition) is 3. The van der Waals surface area contributed by atoms with Crippen molar-refractivity contribution in [2.45, 2.75) is 0 Å². The third-order valence-corrected chi connectivity index (χ3v) is 17.4. The van der Waals surface area contributed by atoms with Gasteiger partial charge in [0.2, 0.25) is 0 Å². The smallest absolute Gasteiger partial charge is 0.0562 e. The van der Waals surface area contributed by atoms with Crippen molar-refractivity contribution in [3.63, 3.8) is 0 Å². The molecule has 6 nitrogen and oxygen atoms in total. The molecule has 0 saturated carbocycles. The molecule has 0 aliphatic carbocycles. The van der Waals surface area contributed by atoms with Gasteiger partial charge in [0, 0.05) is 83.2 Å². The first-order valence-electron chi connectivity index (χ1n) is 31.3. The van der Waals surface area contributed by atoms with Crippen molar-refractivity contribution in [1.82, 2.24) is 13.7 Å². The average Bonchev–Trinajstić information content (AvgIpc) is 1.60. The largest absolute Gasteiger partial charge is 0.356 e. The lowest BCUT2D eigenvalue weighted by atomic mass is 10.0. The molecule has 18 rings (SSSR count). The molecule has 18 aromatic rings. The van der Waals surface area contributed by atoms with Crippen LogP contribution < -0.4 is 16.0 Å². The van der Waals surface area contributed by atoms with Crippen molar-refractivity contribution >= 4 is 121 Å². The fourth-order valence-corrected chi connectivity index (χ4v) is 13.3. The van der Waals surface area contributed by atoms with Gasteiger partial charge in [-0.3, -0.25) is 0 Å². The number of benzene rings is 15. The van der Waals surface area contributed by atoms with E-state index in [4.69, 9.17) is 0 Å². The molecule has 15 aromatic carbocycles. The minimum atomic E-state index is 1.07. The highest BCUT2D eigenvalue weighted by atomic mass is 15.0. The van der Waals surface area contributed by atoms with E-state index in [1.54, 1.807) is 0 Å². The minimum absolute atomic E-state index is 1.07. The van der Waals surface area contributed by atoms with E-state index in [2.05, 4.69) is 357 Å². The van der Waals surface area contributed by atoms with E-state index in [0.717, 1.165) is 34.1 Å². The summed E-state index contributed by atoms with van der Waals surface area (Å²) in [6, 6.07) is 126. The quantitative estimate of drug-likeness (QED) is 0.128. The van der Waals surface area contributed by atoms with Crippen LogP contribution in [0.25, 0.3) is 115 Å². The van der Waals surface area contributed by atoms with Crippen LogP contribution in [-0.2, 0) is 0 Å². The third-order valence-electron chi connectivity index (χ3n) is 17.4. The van der Waals surface area contributed by atoms with Gasteiger partial charge in [0.15, 0.2) is 0 Å². The summed E-state index contributed by atoms with van der Waals surface area (Å²) in [5.41, 5.74) is 19.8. The minimum Gasteiger partial charge on any atom is -0.356 e. The van der Waals surface area contributed by atoms with Gasteiger partial charge in [-0.05, 0) is 161 Å². The molecule has 92 heavy (non-hydrogen) atoms. The number of aromatic nitrogens is 3. The standard InChI is InChI=1S/C34H24N2.C28H20N2.C24H18N2/c1-2-9-24(10-3-1)25-17-19-27(20-18-25)35-28-21-22-31-30-14-6-7-15-33(30)36(34(31)23-28)32-16-8-12-26-11-4-5-13-29(26)32;1-3-10-21(11-4-1)29-22-16-18-26-25(19-22)28-24-14-8-7-9-20(24)15-17-27(28)30(26)23-12-5-2-6-13-23;1-3-9-18(10-4-1)25-19-15-16-24-22(17-19)21-13-7-8-14-23(21)26(24)20-11-5-2-6-12-20/h1-23,35H;1-19,29H;1-17,25H. The molecule has 0 bridgehead atoms.